The van der Waals surface area contributed by atoms with Crippen LogP contribution in [-0.4, -0.2) is 11.4 Å². The van der Waals surface area contributed by atoms with E-state index in [-0.39, 0.29) is 0 Å². The predicted octanol–water partition coefficient (Wildman–Crippen LogP) is 2.90. The van der Waals surface area contributed by atoms with Gasteiger partial charge in [-0.05, 0) is 43.0 Å². The normalized spacial score (nSPS) is 10.2. The van der Waals surface area contributed by atoms with Gasteiger partial charge in [0.25, 0.3) is 0 Å². The van der Waals surface area contributed by atoms with Gasteiger partial charge in [0.05, 0.1) is 0 Å². The fraction of sp³-hybridized carbons (Fsp3) is 0.364. The molecule has 1 N–H and O–H groups in total. The van der Waals surface area contributed by atoms with E-state index in [2.05, 4.69) is 15.9 Å². The van der Waals surface area contributed by atoms with Crippen LogP contribution in [0.4, 0.5) is 0 Å². The fourth-order valence-corrected chi connectivity index (χ4v) is 2.02. The van der Waals surface area contributed by atoms with E-state index in [4.69, 9.17) is 0 Å². The third-order valence-corrected chi connectivity index (χ3v) is 3.15. The number of aromatic hydroxyl groups is 1. The zero-order valence-electron chi connectivity index (χ0n) is 8.30. The van der Waals surface area contributed by atoms with Crippen LogP contribution in [0.3, 0.4) is 0 Å². The van der Waals surface area contributed by atoms with Gasteiger partial charge in [0.2, 0.25) is 0 Å². The van der Waals surface area contributed by atoms with Gasteiger partial charge in [-0.15, -0.1) is 0 Å². The van der Waals surface area contributed by atoms with Gasteiger partial charge in [-0.25, -0.2) is 0 Å². The Balaban J connectivity index is 3.17. The van der Waals surface area contributed by atoms with Gasteiger partial charge in [0.1, 0.15) is 12.0 Å². The van der Waals surface area contributed by atoms with E-state index < -0.39 is 0 Å². The molecule has 0 unspecified atom stereocenters. The summed E-state index contributed by atoms with van der Waals surface area (Å²) in [5.41, 5.74) is 2.71. The number of hydrogen-bond donors (Lipinski definition) is 1. The summed E-state index contributed by atoms with van der Waals surface area (Å²) in [4.78, 5) is 10.3. The van der Waals surface area contributed by atoms with Crippen LogP contribution in [0.2, 0.25) is 0 Å². The van der Waals surface area contributed by atoms with Crippen molar-refractivity contribution < 1.29 is 9.90 Å². The smallest absolute Gasteiger partial charge is 0.122 e. The molecular formula is C11H13BrO2. The topological polar surface area (TPSA) is 37.3 Å². The van der Waals surface area contributed by atoms with Crippen molar-refractivity contribution in [3.8, 4) is 5.75 Å². The second-order valence-corrected chi connectivity index (χ2v) is 4.19. The molecule has 0 aliphatic rings. The van der Waals surface area contributed by atoms with Gasteiger partial charge >= 0.3 is 0 Å². The molecule has 3 heteroatoms. The van der Waals surface area contributed by atoms with Gasteiger partial charge < -0.3 is 9.90 Å². The van der Waals surface area contributed by atoms with Crippen molar-refractivity contribution in [2.75, 3.05) is 0 Å². The highest BCUT2D eigenvalue weighted by Crippen LogP contribution is 2.31. The number of aldehydes is 1. The van der Waals surface area contributed by atoms with Crippen molar-refractivity contribution in [3.05, 3.63) is 27.2 Å². The van der Waals surface area contributed by atoms with Crippen LogP contribution in [0, 0.1) is 13.8 Å². The summed E-state index contributed by atoms with van der Waals surface area (Å²) < 4.78 is 0.980. The Hall–Kier alpha value is -0.830. The molecule has 0 aliphatic carbocycles. The third kappa shape index (κ3) is 2.15. The first-order valence-corrected chi connectivity index (χ1v) is 5.28. The van der Waals surface area contributed by atoms with Gasteiger partial charge in [0, 0.05) is 10.9 Å². The fourth-order valence-electron chi connectivity index (χ4n) is 1.44. The molecule has 14 heavy (non-hydrogen) atoms. The lowest BCUT2D eigenvalue weighted by Crippen LogP contribution is -1.94. The number of carbonyl (C=O) groups is 1. The zero-order chi connectivity index (χ0) is 10.7. The number of benzene rings is 1. The molecule has 0 spiro atoms. The Labute approximate surface area is 92.1 Å². The van der Waals surface area contributed by atoms with Crippen molar-refractivity contribution in [2.45, 2.75) is 26.7 Å². The first kappa shape index (κ1) is 11.2. The molecule has 0 radical (unpaired) electrons. The summed E-state index contributed by atoms with van der Waals surface area (Å²) in [5.74, 6) is 0.313. The second-order valence-electron chi connectivity index (χ2n) is 3.33. The molecule has 0 saturated carbocycles. The van der Waals surface area contributed by atoms with Crippen molar-refractivity contribution in [1.29, 1.82) is 0 Å². The molecule has 1 aromatic rings. The summed E-state index contributed by atoms with van der Waals surface area (Å²) in [7, 11) is 0. The molecule has 0 bridgehead atoms. The van der Waals surface area contributed by atoms with Crippen LogP contribution >= 0.6 is 15.9 Å². The number of halogens is 1. The molecule has 2 nitrogen and oxygen atoms in total. The molecule has 0 atom stereocenters. The Kier molecular flexibility index (Phi) is 3.69. The lowest BCUT2D eigenvalue weighted by atomic mass is 10.00. The number of phenols is 1. The first-order chi connectivity index (χ1) is 6.57. The molecule has 1 rings (SSSR count). The largest absolute Gasteiger partial charge is 0.507 e. The highest BCUT2D eigenvalue weighted by Gasteiger charge is 2.10. The zero-order valence-corrected chi connectivity index (χ0v) is 9.89. The van der Waals surface area contributed by atoms with E-state index in [1.807, 2.05) is 19.9 Å². The van der Waals surface area contributed by atoms with Crippen LogP contribution in [0.25, 0.3) is 0 Å². The number of aryl methyl sites for hydroxylation is 1. The Morgan fingerprint density at radius 3 is 2.71 bits per heavy atom. The highest BCUT2D eigenvalue weighted by molar-refractivity contribution is 9.10. The van der Waals surface area contributed by atoms with Gasteiger partial charge in [-0.2, -0.15) is 0 Å². The number of carbonyl (C=O) groups excluding carboxylic acids is 1. The van der Waals surface area contributed by atoms with Crippen molar-refractivity contribution in [2.24, 2.45) is 0 Å². The van der Waals surface area contributed by atoms with Crippen molar-refractivity contribution in [1.82, 2.24) is 0 Å². The average molecular weight is 257 g/mol. The maximum absolute atomic E-state index is 10.3. The van der Waals surface area contributed by atoms with E-state index in [1.165, 1.54) is 0 Å². The van der Waals surface area contributed by atoms with Crippen LogP contribution in [-0.2, 0) is 11.2 Å². The van der Waals surface area contributed by atoms with E-state index >= 15 is 0 Å². The summed E-state index contributed by atoms with van der Waals surface area (Å²) in [5, 5.41) is 9.79. The molecule has 1 aromatic carbocycles. The Bertz CT molecular complexity index is 333. The van der Waals surface area contributed by atoms with Gasteiger partial charge in [-0.1, -0.05) is 15.9 Å². The molecule has 0 heterocycles. The van der Waals surface area contributed by atoms with Crippen molar-refractivity contribution in [3.63, 3.8) is 0 Å². The maximum Gasteiger partial charge on any atom is 0.122 e. The number of rotatable bonds is 3. The minimum absolute atomic E-state index is 0.313. The standard InChI is InChI=1S/C11H13BrO2/c1-7-6-10(12)8(2)9(11(7)14)4-3-5-13/h5-6,14H,3-4H2,1-2H3. The molecule has 0 aliphatic heterocycles. The Morgan fingerprint density at radius 1 is 1.50 bits per heavy atom. The van der Waals surface area contributed by atoms with E-state index in [9.17, 15) is 9.90 Å². The molecule has 76 valence electrons. The minimum atomic E-state index is 0.313. The summed E-state index contributed by atoms with van der Waals surface area (Å²) >= 11 is 3.42. The minimum Gasteiger partial charge on any atom is -0.507 e. The number of phenolic OH excluding ortho intramolecular Hbond substituents is 1. The number of hydrogen-bond acceptors (Lipinski definition) is 2. The molecule has 0 saturated heterocycles. The predicted molar refractivity (Wildman–Crippen MR) is 59.7 cm³/mol. The van der Waals surface area contributed by atoms with E-state index in [0.717, 1.165) is 27.4 Å². The summed E-state index contributed by atoms with van der Waals surface area (Å²) in [6, 6.07) is 1.88. The van der Waals surface area contributed by atoms with E-state index in [0.29, 0.717) is 18.6 Å². The maximum atomic E-state index is 10.3. The highest BCUT2D eigenvalue weighted by atomic mass is 79.9. The molecular weight excluding hydrogens is 244 g/mol. The Morgan fingerprint density at radius 2 is 2.14 bits per heavy atom. The third-order valence-electron chi connectivity index (χ3n) is 2.33. The lowest BCUT2D eigenvalue weighted by Gasteiger charge is -2.11. The first-order valence-electron chi connectivity index (χ1n) is 4.49. The van der Waals surface area contributed by atoms with Crippen LogP contribution in [0.5, 0.6) is 5.75 Å². The second kappa shape index (κ2) is 4.60. The lowest BCUT2D eigenvalue weighted by molar-refractivity contribution is -0.107. The van der Waals surface area contributed by atoms with Crippen LogP contribution in [0.15, 0.2) is 10.5 Å². The monoisotopic (exact) mass is 256 g/mol. The molecule has 0 fully saturated rings. The van der Waals surface area contributed by atoms with E-state index in [1.54, 1.807) is 0 Å². The summed E-state index contributed by atoms with van der Waals surface area (Å²) in [6.45, 7) is 3.79. The molecule has 0 amide bonds. The quantitative estimate of drug-likeness (QED) is 0.845. The SMILES string of the molecule is Cc1cc(Br)c(C)c(CCC=O)c1O. The molecule has 0 aromatic heterocycles. The van der Waals surface area contributed by atoms with Crippen molar-refractivity contribution >= 4 is 22.2 Å². The average Bonchev–Trinajstić information content (AvgIpc) is 2.15. The van der Waals surface area contributed by atoms with Crippen LogP contribution < -0.4 is 0 Å². The summed E-state index contributed by atoms with van der Waals surface area (Å²) in [6.07, 6.45) is 1.92. The van der Waals surface area contributed by atoms with Gasteiger partial charge in [0.15, 0.2) is 0 Å². The van der Waals surface area contributed by atoms with Crippen LogP contribution in [0.1, 0.15) is 23.1 Å². The van der Waals surface area contributed by atoms with Gasteiger partial charge in [-0.3, -0.25) is 0 Å².